The van der Waals surface area contributed by atoms with Crippen LogP contribution in [0.1, 0.15) is 43.4 Å². The number of aromatic nitrogens is 1. The number of urea groups is 1. The first-order valence-corrected chi connectivity index (χ1v) is 10.7. The molecule has 2 aromatic rings. The van der Waals surface area contributed by atoms with Crippen molar-refractivity contribution >= 4 is 29.2 Å². The van der Waals surface area contributed by atoms with Crippen LogP contribution in [0.5, 0.6) is 0 Å². The number of ether oxygens (including phenoxy) is 1. The molecule has 1 aliphatic heterocycles. The van der Waals surface area contributed by atoms with Crippen LogP contribution in [0.4, 0.5) is 4.79 Å². The number of amides is 3. The lowest BCUT2D eigenvalue weighted by atomic mass is 9.82. The third kappa shape index (κ3) is 4.03. The Labute approximate surface area is 173 Å². The molecule has 0 unspecified atom stereocenters. The van der Waals surface area contributed by atoms with Crippen molar-refractivity contribution < 1.29 is 19.1 Å². The molecule has 1 saturated carbocycles. The maximum Gasteiger partial charge on any atom is 0.326 e. The van der Waals surface area contributed by atoms with E-state index >= 15 is 0 Å². The van der Waals surface area contributed by atoms with E-state index in [4.69, 9.17) is 4.74 Å². The summed E-state index contributed by atoms with van der Waals surface area (Å²) in [6.07, 6.45) is 4.12. The maximum atomic E-state index is 12.7. The van der Waals surface area contributed by atoms with Crippen molar-refractivity contribution in [3.63, 3.8) is 0 Å². The first-order chi connectivity index (χ1) is 14.0. The number of hydrogen-bond acceptors (Lipinski definition) is 6. The minimum absolute atomic E-state index is 0.00991. The zero-order valence-corrected chi connectivity index (χ0v) is 17.1. The first kappa shape index (κ1) is 19.6. The molecule has 1 saturated heterocycles. The van der Waals surface area contributed by atoms with E-state index in [9.17, 15) is 14.4 Å². The van der Waals surface area contributed by atoms with Gasteiger partial charge in [-0.1, -0.05) is 49.1 Å². The van der Waals surface area contributed by atoms with Gasteiger partial charge in [0.25, 0.3) is 5.91 Å². The smallest absolute Gasteiger partial charge is 0.326 e. The molecule has 152 valence electrons. The third-order valence-electron chi connectivity index (χ3n) is 5.47. The van der Waals surface area contributed by atoms with E-state index in [0.717, 1.165) is 34.7 Å². The molecule has 2 fully saturated rings. The van der Waals surface area contributed by atoms with Crippen molar-refractivity contribution in [2.75, 3.05) is 6.54 Å². The molecular weight excluding hydrogens is 390 g/mol. The van der Waals surface area contributed by atoms with E-state index in [2.05, 4.69) is 10.3 Å². The Hall–Kier alpha value is -2.74. The Morgan fingerprint density at radius 1 is 1.21 bits per heavy atom. The van der Waals surface area contributed by atoms with E-state index in [1.54, 1.807) is 0 Å². The van der Waals surface area contributed by atoms with E-state index in [1.165, 1.54) is 16.9 Å². The van der Waals surface area contributed by atoms with E-state index < -0.39 is 17.5 Å². The molecule has 1 aromatic carbocycles. The van der Waals surface area contributed by atoms with E-state index in [-0.39, 0.29) is 19.1 Å². The number of carbonyl (C=O) groups is 3. The summed E-state index contributed by atoms with van der Waals surface area (Å²) in [5.74, 6) is -0.930. The number of rotatable bonds is 5. The molecule has 0 bridgehead atoms. The number of imide groups is 1. The second-order valence-electron chi connectivity index (χ2n) is 7.63. The van der Waals surface area contributed by atoms with Gasteiger partial charge < -0.3 is 10.1 Å². The van der Waals surface area contributed by atoms with Crippen molar-refractivity contribution in [3.8, 4) is 10.6 Å². The SMILES string of the molecule is Cc1ccc(-c2nc(COC(=O)CN3C(=O)NC4(CCCCC4)C3=O)cs2)cc1. The van der Waals surface area contributed by atoms with Crippen molar-refractivity contribution in [2.45, 2.75) is 51.2 Å². The predicted molar refractivity (Wildman–Crippen MR) is 108 cm³/mol. The fraction of sp³-hybridized carbons (Fsp3) is 0.429. The number of benzene rings is 1. The number of nitrogens with zero attached hydrogens (tertiary/aromatic N) is 2. The highest BCUT2D eigenvalue weighted by Gasteiger charge is 2.51. The summed E-state index contributed by atoms with van der Waals surface area (Å²) in [5.41, 5.74) is 2.00. The Morgan fingerprint density at radius 2 is 1.93 bits per heavy atom. The monoisotopic (exact) mass is 413 g/mol. The lowest BCUT2D eigenvalue weighted by molar-refractivity contribution is -0.149. The first-order valence-electron chi connectivity index (χ1n) is 9.78. The molecule has 1 N–H and O–H groups in total. The molecule has 2 aliphatic rings. The van der Waals surface area contributed by atoms with E-state index in [1.807, 2.05) is 36.6 Å². The van der Waals surface area contributed by atoms with Crippen LogP contribution in [0.15, 0.2) is 29.6 Å². The fourth-order valence-electron chi connectivity index (χ4n) is 3.85. The highest BCUT2D eigenvalue weighted by atomic mass is 32.1. The molecule has 0 radical (unpaired) electrons. The summed E-state index contributed by atoms with van der Waals surface area (Å²) in [6.45, 7) is 1.66. The average Bonchev–Trinajstić information content (AvgIpc) is 3.27. The molecule has 8 heteroatoms. The molecule has 1 aliphatic carbocycles. The van der Waals surface area contributed by atoms with Gasteiger partial charge >= 0.3 is 12.0 Å². The van der Waals surface area contributed by atoms with Gasteiger partial charge in [-0.2, -0.15) is 0 Å². The Kier molecular flexibility index (Phi) is 5.36. The quantitative estimate of drug-likeness (QED) is 0.599. The standard InChI is InChI=1S/C21H23N3O4S/c1-14-5-7-15(8-6-14)18-22-16(13-29-18)12-28-17(25)11-24-19(26)21(23-20(24)27)9-3-2-4-10-21/h5-8,13H,2-4,9-12H2,1H3,(H,23,27). The molecule has 3 amide bonds. The van der Waals surface area contributed by atoms with Crippen molar-refractivity contribution in [1.82, 2.24) is 15.2 Å². The van der Waals surface area contributed by atoms with E-state index in [0.29, 0.717) is 18.5 Å². The molecule has 4 rings (SSSR count). The van der Waals surface area contributed by atoms with Crippen LogP contribution in [-0.4, -0.2) is 39.9 Å². The van der Waals surface area contributed by atoms with Crippen molar-refractivity contribution in [3.05, 3.63) is 40.9 Å². The number of aryl methyl sites for hydroxylation is 1. The van der Waals surface area contributed by atoms with Crippen LogP contribution in [-0.2, 0) is 20.9 Å². The summed E-state index contributed by atoms with van der Waals surface area (Å²) in [4.78, 5) is 42.6. The van der Waals surface area contributed by atoms with Crippen molar-refractivity contribution in [1.29, 1.82) is 0 Å². The third-order valence-corrected chi connectivity index (χ3v) is 6.41. The van der Waals surface area contributed by atoms with Gasteiger partial charge in [0.05, 0.1) is 5.69 Å². The molecule has 0 atom stereocenters. The second kappa shape index (κ2) is 7.94. The Bertz CT molecular complexity index is 932. The molecule has 1 aromatic heterocycles. The summed E-state index contributed by atoms with van der Waals surface area (Å²) in [7, 11) is 0. The number of nitrogens with one attached hydrogen (secondary N) is 1. The highest BCUT2D eigenvalue weighted by Crippen LogP contribution is 2.33. The molecule has 1 spiro atoms. The summed E-state index contributed by atoms with van der Waals surface area (Å²) >= 11 is 1.48. The van der Waals surface area contributed by atoms with Crippen LogP contribution in [0.3, 0.4) is 0 Å². The van der Waals surface area contributed by atoms with Gasteiger partial charge in [-0.05, 0) is 19.8 Å². The van der Waals surface area contributed by atoms with Gasteiger partial charge in [0.2, 0.25) is 0 Å². The minimum Gasteiger partial charge on any atom is -0.458 e. The lowest BCUT2D eigenvalue weighted by Gasteiger charge is -2.30. The van der Waals surface area contributed by atoms with Gasteiger partial charge in [-0.25, -0.2) is 9.78 Å². The average molecular weight is 413 g/mol. The molecule has 7 nitrogen and oxygen atoms in total. The molecular formula is C21H23N3O4S. The Morgan fingerprint density at radius 3 is 2.66 bits per heavy atom. The molecule has 29 heavy (non-hydrogen) atoms. The Balaban J connectivity index is 1.33. The van der Waals surface area contributed by atoms with Gasteiger partial charge in [0, 0.05) is 10.9 Å². The summed E-state index contributed by atoms with van der Waals surface area (Å²) in [5, 5.41) is 5.48. The van der Waals surface area contributed by atoms with Gasteiger partial charge in [0.1, 0.15) is 23.7 Å². The molecule has 2 heterocycles. The number of esters is 1. The topological polar surface area (TPSA) is 88.6 Å². The van der Waals surface area contributed by atoms with Gasteiger partial charge in [-0.3, -0.25) is 14.5 Å². The number of thiazole rings is 1. The van der Waals surface area contributed by atoms with Gasteiger partial charge in [-0.15, -0.1) is 11.3 Å². The fourth-order valence-corrected chi connectivity index (χ4v) is 4.66. The van der Waals surface area contributed by atoms with Crippen molar-refractivity contribution in [2.24, 2.45) is 0 Å². The number of hydrogen-bond donors (Lipinski definition) is 1. The van der Waals surface area contributed by atoms with Crippen LogP contribution >= 0.6 is 11.3 Å². The number of carbonyl (C=O) groups excluding carboxylic acids is 3. The second-order valence-corrected chi connectivity index (χ2v) is 8.49. The van der Waals surface area contributed by atoms with Crippen LogP contribution in [0, 0.1) is 6.92 Å². The predicted octanol–water partition coefficient (Wildman–Crippen LogP) is 3.42. The van der Waals surface area contributed by atoms with Crippen LogP contribution in [0.2, 0.25) is 0 Å². The normalized spacial score (nSPS) is 18.2. The lowest BCUT2D eigenvalue weighted by Crippen LogP contribution is -2.48. The maximum absolute atomic E-state index is 12.7. The zero-order chi connectivity index (χ0) is 20.4. The summed E-state index contributed by atoms with van der Waals surface area (Å²) in [6, 6.07) is 7.54. The van der Waals surface area contributed by atoms with Gasteiger partial charge in [0.15, 0.2) is 0 Å². The highest BCUT2D eigenvalue weighted by molar-refractivity contribution is 7.13. The van der Waals surface area contributed by atoms with Crippen LogP contribution < -0.4 is 5.32 Å². The van der Waals surface area contributed by atoms with Crippen LogP contribution in [0.25, 0.3) is 10.6 Å². The zero-order valence-electron chi connectivity index (χ0n) is 16.3. The largest absolute Gasteiger partial charge is 0.458 e. The minimum atomic E-state index is -0.826. The summed E-state index contributed by atoms with van der Waals surface area (Å²) < 4.78 is 5.26.